The Hall–Kier alpha value is -1.26. The zero-order valence-corrected chi connectivity index (χ0v) is 18.8. The summed E-state index contributed by atoms with van der Waals surface area (Å²) in [5, 5.41) is 0. The van der Waals surface area contributed by atoms with E-state index < -0.39 is 20.0 Å². The molecule has 0 N–H and O–H groups in total. The predicted octanol–water partition coefficient (Wildman–Crippen LogP) is 3.44. The molecule has 1 aliphatic rings. The maximum absolute atomic E-state index is 12.8. The van der Waals surface area contributed by atoms with Crippen LogP contribution in [0.1, 0.15) is 24.8 Å². The molecule has 1 saturated heterocycles. The summed E-state index contributed by atoms with van der Waals surface area (Å²) in [4.78, 5) is 0.202. The number of hydrogen-bond acceptors (Lipinski definition) is 4. The van der Waals surface area contributed by atoms with Crippen LogP contribution in [0.2, 0.25) is 0 Å². The van der Waals surface area contributed by atoms with Gasteiger partial charge in [0.25, 0.3) is 0 Å². The Morgan fingerprint density at radius 3 is 1.96 bits per heavy atom. The van der Waals surface area contributed by atoms with Crippen molar-refractivity contribution in [2.24, 2.45) is 0 Å². The summed E-state index contributed by atoms with van der Waals surface area (Å²) in [5.74, 6) is 0. The van der Waals surface area contributed by atoms with Gasteiger partial charge in [-0.1, -0.05) is 34.5 Å². The van der Waals surface area contributed by atoms with E-state index in [4.69, 9.17) is 0 Å². The van der Waals surface area contributed by atoms with Gasteiger partial charge in [0.1, 0.15) is 0 Å². The summed E-state index contributed by atoms with van der Waals surface area (Å²) in [6.07, 6.45) is 2.74. The third kappa shape index (κ3) is 4.65. The molecule has 2 aromatic rings. The number of hydrogen-bond donors (Lipinski definition) is 0. The monoisotopic (exact) mass is 486 g/mol. The largest absolute Gasteiger partial charge is 0.243 e. The highest BCUT2D eigenvalue weighted by Crippen LogP contribution is 2.23. The third-order valence-corrected chi connectivity index (χ3v) is 9.06. The number of halogens is 1. The summed E-state index contributed by atoms with van der Waals surface area (Å²) < 4.78 is 54.7. The lowest BCUT2D eigenvalue weighted by Gasteiger charge is -2.26. The van der Waals surface area contributed by atoms with E-state index in [-0.39, 0.29) is 16.3 Å². The maximum Gasteiger partial charge on any atom is 0.243 e. The molecule has 2 aromatic carbocycles. The van der Waals surface area contributed by atoms with Gasteiger partial charge in [-0.25, -0.2) is 16.8 Å². The van der Waals surface area contributed by atoms with E-state index >= 15 is 0 Å². The fourth-order valence-corrected chi connectivity index (χ4v) is 6.09. The van der Waals surface area contributed by atoms with Crippen LogP contribution in [0.5, 0.6) is 0 Å². The summed E-state index contributed by atoms with van der Waals surface area (Å²) in [7, 11) is -5.79. The highest BCUT2D eigenvalue weighted by atomic mass is 79.9. The molecule has 0 aromatic heterocycles. The van der Waals surface area contributed by atoms with Gasteiger partial charge in [-0.15, -0.1) is 0 Å². The first-order valence-corrected chi connectivity index (χ1v) is 12.7. The van der Waals surface area contributed by atoms with Crippen LogP contribution in [-0.2, 0) is 26.6 Å². The average Bonchev–Trinajstić information content (AvgIpc) is 2.70. The van der Waals surface area contributed by atoms with Crippen molar-refractivity contribution in [3.8, 4) is 0 Å². The molecule has 1 fully saturated rings. The quantitative estimate of drug-likeness (QED) is 0.626. The number of rotatable bonds is 6. The van der Waals surface area contributed by atoms with E-state index in [0.29, 0.717) is 13.1 Å². The van der Waals surface area contributed by atoms with Crippen LogP contribution in [0, 0.1) is 0 Å². The molecule has 0 unspecified atom stereocenters. The topological polar surface area (TPSA) is 74.8 Å². The molecule has 0 amide bonds. The second kappa shape index (κ2) is 8.62. The van der Waals surface area contributed by atoms with Crippen LogP contribution in [0.25, 0.3) is 0 Å². The van der Waals surface area contributed by atoms with Crippen LogP contribution < -0.4 is 0 Å². The van der Waals surface area contributed by atoms with Crippen molar-refractivity contribution >= 4 is 36.0 Å². The fraction of sp³-hybridized carbons (Fsp3) is 0.368. The second-order valence-electron chi connectivity index (χ2n) is 6.82. The summed E-state index contributed by atoms with van der Waals surface area (Å²) in [6.45, 7) is 1.25. The molecular weight excluding hydrogens is 464 g/mol. The average molecular weight is 487 g/mol. The number of sulfonamides is 2. The Morgan fingerprint density at radius 1 is 0.857 bits per heavy atom. The van der Waals surface area contributed by atoms with Crippen LogP contribution in [-0.4, -0.2) is 45.6 Å². The Morgan fingerprint density at radius 2 is 1.39 bits per heavy atom. The molecular formula is C19H23BrN2O4S2. The molecule has 9 heteroatoms. The van der Waals surface area contributed by atoms with Gasteiger partial charge < -0.3 is 0 Å². The molecule has 1 aliphatic heterocycles. The van der Waals surface area contributed by atoms with Gasteiger partial charge in [-0.05, 0) is 54.8 Å². The minimum Gasteiger partial charge on any atom is -0.207 e. The molecule has 0 radical (unpaired) electrons. The normalized spacial score (nSPS) is 16.4. The molecule has 28 heavy (non-hydrogen) atoms. The standard InChI is InChI=1S/C19H23BrN2O4S2/c1-21(15-16-5-7-17(20)8-6-16)27(23,24)18-9-11-19(12-10-18)28(25,26)22-13-3-2-4-14-22/h5-12H,2-4,13-15H2,1H3. The van der Waals surface area contributed by atoms with Gasteiger partial charge >= 0.3 is 0 Å². The van der Waals surface area contributed by atoms with E-state index in [9.17, 15) is 16.8 Å². The van der Waals surface area contributed by atoms with Gasteiger partial charge in [0, 0.05) is 31.2 Å². The van der Waals surface area contributed by atoms with Crippen molar-refractivity contribution in [2.75, 3.05) is 20.1 Å². The lowest BCUT2D eigenvalue weighted by atomic mass is 10.2. The lowest BCUT2D eigenvalue weighted by Crippen LogP contribution is -2.35. The van der Waals surface area contributed by atoms with E-state index in [1.165, 1.54) is 39.9 Å². The van der Waals surface area contributed by atoms with Crippen molar-refractivity contribution < 1.29 is 16.8 Å². The zero-order valence-electron chi connectivity index (χ0n) is 15.6. The van der Waals surface area contributed by atoms with E-state index in [1.807, 2.05) is 24.3 Å². The first-order chi connectivity index (χ1) is 13.2. The molecule has 0 aliphatic carbocycles. The summed E-state index contributed by atoms with van der Waals surface area (Å²) in [5.41, 5.74) is 0.860. The summed E-state index contributed by atoms with van der Waals surface area (Å²) in [6, 6.07) is 12.9. The maximum atomic E-state index is 12.8. The Kier molecular flexibility index (Phi) is 6.61. The van der Waals surface area contributed by atoms with Gasteiger partial charge in [0.15, 0.2) is 0 Å². The second-order valence-corrected chi connectivity index (χ2v) is 11.7. The number of benzene rings is 2. The summed E-state index contributed by atoms with van der Waals surface area (Å²) >= 11 is 3.35. The molecule has 0 spiro atoms. The van der Waals surface area contributed by atoms with Crippen molar-refractivity contribution in [1.29, 1.82) is 0 Å². The van der Waals surface area contributed by atoms with Gasteiger partial charge in [-0.3, -0.25) is 0 Å². The Labute approximate surface area is 175 Å². The molecule has 0 atom stereocenters. The fourth-order valence-electron chi connectivity index (χ4n) is 3.15. The molecule has 0 saturated carbocycles. The van der Waals surface area contributed by atoms with Crippen molar-refractivity contribution in [3.05, 3.63) is 58.6 Å². The minimum absolute atomic E-state index is 0.0738. The molecule has 152 valence electrons. The van der Waals surface area contributed by atoms with E-state index in [0.717, 1.165) is 29.3 Å². The van der Waals surface area contributed by atoms with Crippen molar-refractivity contribution in [3.63, 3.8) is 0 Å². The zero-order chi connectivity index (χ0) is 20.4. The molecule has 3 rings (SSSR count). The van der Waals surface area contributed by atoms with Gasteiger partial charge in [0.05, 0.1) is 9.79 Å². The van der Waals surface area contributed by atoms with Gasteiger partial charge in [0.2, 0.25) is 20.0 Å². The molecule has 6 nitrogen and oxygen atoms in total. The van der Waals surface area contributed by atoms with E-state index in [2.05, 4.69) is 15.9 Å². The van der Waals surface area contributed by atoms with Gasteiger partial charge in [-0.2, -0.15) is 8.61 Å². The first-order valence-electron chi connectivity index (χ1n) is 9.02. The van der Waals surface area contributed by atoms with Crippen LogP contribution in [0.4, 0.5) is 0 Å². The highest BCUT2D eigenvalue weighted by Gasteiger charge is 2.27. The SMILES string of the molecule is CN(Cc1ccc(Br)cc1)S(=O)(=O)c1ccc(S(=O)(=O)N2CCCCC2)cc1. The first kappa shape index (κ1) is 21.4. The smallest absolute Gasteiger partial charge is 0.207 e. The molecule has 0 bridgehead atoms. The van der Waals surface area contributed by atoms with Crippen LogP contribution in [0.3, 0.4) is 0 Å². The lowest BCUT2D eigenvalue weighted by molar-refractivity contribution is 0.346. The highest BCUT2D eigenvalue weighted by molar-refractivity contribution is 9.10. The van der Waals surface area contributed by atoms with Crippen molar-refractivity contribution in [1.82, 2.24) is 8.61 Å². The van der Waals surface area contributed by atoms with Crippen LogP contribution >= 0.6 is 15.9 Å². The van der Waals surface area contributed by atoms with Crippen LogP contribution in [0.15, 0.2) is 62.8 Å². The number of nitrogens with zero attached hydrogens (tertiary/aromatic N) is 2. The molecule has 1 heterocycles. The van der Waals surface area contributed by atoms with Crippen molar-refractivity contribution in [2.45, 2.75) is 35.6 Å². The Bertz CT molecular complexity index is 1010. The van der Waals surface area contributed by atoms with E-state index in [1.54, 1.807) is 0 Å². The number of piperidine rings is 1. The third-order valence-electron chi connectivity index (χ3n) is 4.80. The Balaban J connectivity index is 1.78. The minimum atomic E-state index is -3.72. The predicted molar refractivity (Wildman–Crippen MR) is 112 cm³/mol.